The van der Waals surface area contributed by atoms with Gasteiger partial charge in [-0.25, -0.2) is 4.39 Å². The summed E-state index contributed by atoms with van der Waals surface area (Å²) in [5, 5.41) is 0. The largest absolute Gasteiger partial charge is 0.494 e. The lowest BCUT2D eigenvalue weighted by atomic mass is 9.99. The third-order valence-corrected chi connectivity index (χ3v) is 3.12. The molecule has 0 spiro atoms. The van der Waals surface area contributed by atoms with E-state index in [4.69, 9.17) is 9.47 Å². The van der Waals surface area contributed by atoms with E-state index in [-0.39, 0.29) is 11.3 Å². The van der Waals surface area contributed by atoms with Gasteiger partial charge in [-0.1, -0.05) is 36.4 Å². The van der Waals surface area contributed by atoms with E-state index in [1.54, 1.807) is 25.1 Å². The van der Waals surface area contributed by atoms with Crippen LogP contribution in [0.25, 0.3) is 0 Å². The first kappa shape index (κ1) is 15.2. The van der Waals surface area contributed by atoms with Crippen molar-refractivity contribution in [3.05, 3.63) is 65.5 Å². The van der Waals surface area contributed by atoms with Gasteiger partial charge in [0.1, 0.15) is 6.10 Å². The molecule has 0 bridgehead atoms. The number of hydrogen-bond donors (Lipinski definition) is 0. The fraction of sp³-hybridized carbons (Fsp3) is 0.235. The second-order valence-electron chi connectivity index (χ2n) is 4.43. The summed E-state index contributed by atoms with van der Waals surface area (Å²) >= 11 is 0. The Balaban J connectivity index is 2.40. The van der Waals surface area contributed by atoms with Crippen molar-refractivity contribution in [2.75, 3.05) is 13.7 Å². The summed E-state index contributed by atoms with van der Waals surface area (Å²) in [6.45, 7) is 2.15. The van der Waals surface area contributed by atoms with Crippen molar-refractivity contribution in [1.82, 2.24) is 0 Å². The molecule has 0 heterocycles. The zero-order valence-corrected chi connectivity index (χ0v) is 12.0. The fourth-order valence-electron chi connectivity index (χ4n) is 2.12. The Hall–Kier alpha value is -2.20. The monoisotopic (exact) mass is 288 g/mol. The van der Waals surface area contributed by atoms with E-state index in [0.717, 1.165) is 0 Å². The SMILES string of the molecule is CCOC(C(=O)c1cccc(OC)c1F)c1ccccc1. The van der Waals surface area contributed by atoms with Gasteiger partial charge in [0.15, 0.2) is 17.3 Å². The van der Waals surface area contributed by atoms with Gasteiger partial charge in [-0.3, -0.25) is 4.79 Å². The van der Waals surface area contributed by atoms with E-state index in [1.807, 2.05) is 18.2 Å². The summed E-state index contributed by atoms with van der Waals surface area (Å²) in [4.78, 5) is 12.6. The second-order valence-corrected chi connectivity index (χ2v) is 4.43. The minimum absolute atomic E-state index is 0.0309. The molecule has 2 rings (SSSR count). The van der Waals surface area contributed by atoms with E-state index in [0.29, 0.717) is 12.2 Å². The number of Topliss-reactive ketones (excluding diaryl/α,β-unsaturated/α-hetero) is 1. The van der Waals surface area contributed by atoms with Gasteiger partial charge in [-0.15, -0.1) is 0 Å². The van der Waals surface area contributed by atoms with Crippen LogP contribution < -0.4 is 4.74 Å². The molecule has 0 saturated carbocycles. The molecule has 0 radical (unpaired) electrons. The summed E-state index contributed by atoms with van der Waals surface area (Å²) < 4.78 is 24.7. The molecule has 0 aliphatic carbocycles. The highest BCUT2D eigenvalue weighted by atomic mass is 19.1. The fourth-order valence-corrected chi connectivity index (χ4v) is 2.12. The maximum absolute atomic E-state index is 14.2. The van der Waals surface area contributed by atoms with Crippen molar-refractivity contribution >= 4 is 5.78 Å². The molecule has 3 nitrogen and oxygen atoms in total. The highest BCUT2D eigenvalue weighted by molar-refractivity contribution is 6.00. The Morgan fingerprint density at radius 2 is 1.86 bits per heavy atom. The highest BCUT2D eigenvalue weighted by Crippen LogP contribution is 2.27. The lowest BCUT2D eigenvalue weighted by Crippen LogP contribution is -2.18. The van der Waals surface area contributed by atoms with Gasteiger partial charge in [0.25, 0.3) is 0 Å². The van der Waals surface area contributed by atoms with Gasteiger partial charge in [0, 0.05) is 6.61 Å². The van der Waals surface area contributed by atoms with Gasteiger partial charge in [0.2, 0.25) is 0 Å². The first-order valence-corrected chi connectivity index (χ1v) is 6.72. The summed E-state index contributed by atoms with van der Waals surface area (Å²) in [6.07, 6.45) is -0.821. The third-order valence-electron chi connectivity index (χ3n) is 3.12. The number of benzene rings is 2. The van der Waals surface area contributed by atoms with Crippen molar-refractivity contribution in [1.29, 1.82) is 0 Å². The minimum Gasteiger partial charge on any atom is -0.494 e. The van der Waals surface area contributed by atoms with Gasteiger partial charge in [-0.05, 0) is 24.6 Å². The Bertz CT molecular complexity index is 611. The zero-order chi connectivity index (χ0) is 15.2. The molecule has 4 heteroatoms. The molecule has 0 N–H and O–H groups in total. The van der Waals surface area contributed by atoms with E-state index in [9.17, 15) is 9.18 Å². The van der Waals surface area contributed by atoms with Crippen molar-refractivity contribution < 1.29 is 18.7 Å². The number of hydrogen-bond acceptors (Lipinski definition) is 3. The van der Waals surface area contributed by atoms with Gasteiger partial charge >= 0.3 is 0 Å². The predicted octanol–water partition coefficient (Wildman–Crippen LogP) is 3.79. The smallest absolute Gasteiger partial charge is 0.199 e. The Labute approximate surface area is 123 Å². The number of halogens is 1. The lowest BCUT2D eigenvalue weighted by molar-refractivity contribution is 0.0448. The minimum atomic E-state index is -0.821. The molecule has 0 amide bonds. The highest BCUT2D eigenvalue weighted by Gasteiger charge is 2.26. The number of ether oxygens (including phenoxy) is 2. The van der Waals surface area contributed by atoms with Crippen molar-refractivity contribution in [2.24, 2.45) is 0 Å². The van der Waals surface area contributed by atoms with Crippen LogP contribution in [-0.2, 0) is 4.74 Å². The van der Waals surface area contributed by atoms with Crippen molar-refractivity contribution in [3.8, 4) is 5.75 Å². The van der Waals surface area contributed by atoms with Crippen LogP contribution >= 0.6 is 0 Å². The van der Waals surface area contributed by atoms with Gasteiger partial charge < -0.3 is 9.47 Å². The Kier molecular flexibility index (Phi) is 5.06. The molecule has 0 aromatic heterocycles. The average molecular weight is 288 g/mol. The van der Waals surface area contributed by atoms with E-state index < -0.39 is 17.7 Å². The molecular weight excluding hydrogens is 271 g/mol. The molecule has 21 heavy (non-hydrogen) atoms. The summed E-state index contributed by atoms with van der Waals surface area (Å²) in [5.74, 6) is -1.03. The molecule has 2 aromatic rings. The predicted molar refractivity (Wildman–Crippen MR) is 78.1 cm³/mol. The topological polar surface area (TPSA) is 35.5 Å². The molecule has 1 atom stereocenters. The molecule has 0 saturated heterocycles. The molecule has 0 fully saturated rings. The van der Waals surface area contributed by atoms with Crippen LogP contribution in [0.4, 0.5) is 4.39 Å². The zero-order valence-electron chi connectivity index (χ0n) is 12.0. The normalized spacial score (nSPS) is 12.0. The number of ketones is 1. The lowest BCUT2D eigenvalue weighted by Gasteiger charge is -2.17. The van der Waals surface area contributed by atoms with Crippen molar-refractivity contribution in [3.63, 3.8) is 0 Å². The Morgan fingerprint density at radius 1 is 1.14 bits per heavy atom. The number of carbonyl (C=O) groups excluding carboxylic acids is 1. The van der Waals surface area contributed by atoms with Crippen LogP contribution in [0.1, 0.15) is 28.9 Å². The maximum atomic E-state index is 14.2. The van der Waals surface area contributed by atoms with Crippen LogP contribution in [0.3, 0.4) is 0 Å². The van der Waals surface area contributed by atoms with Crippen LogP contribution in [0, 0.1) is 5.82 Å². The number of carbonyl (C=O) groups is 1. The van der Waals surface area contributed by atoms with Crippen LogP contribution in [0.5, 0.6) is 5.75 Å². The molecule has 1 unspecified atom stereocenters. The van der Waals surface area contributed by atoms with E-state index >= 15 is 0 Å². The quantitative estimate of drug-likeness (QED) is 0.759. The van der Waals surface area contributed by atoms with Crippen molar-refractivity contribution in [2.45, 2.75) is 13.0 Å². The third kappa shape index (κ3) is 3.28. The van der Waals surface area contributed by atoms with Gasteiger partial charge in [0.05, 0.1) is 12.7 Å². The number of rotatable bonds is 6. The molecule has 0 aliphatic rings. The first-order valence-electron chi connectivity index (χ1n) is 6.72. The summed E-state index contributed by atoms with van der Waals surface area (Å²) in [5.41, 5.74) is 0.670. The number of methoxy groups -OCH3 is 1. The maximum Gasteiger partial charge on any atom is 0.199 e. The van der Waals surface area contributed by atoms with Gasteiger partial charge in [-0.2, -0.15) is 0 Å². The molecule has 0 aliphatic heterocycles. The summed E-state index contributed by atoms with van der Waals surface area (Å²) in [6, 6.07) is 13.6. The standard InChI is InChI=1S/C17H17FO3/c1-3-21-17(12-8-5-4-6-9-12)16(19)13-10-7-11-14(20-2)15(13)18/h4-11,17H,3H2,1-2H3. The van der Waals surface area contributed by atoms with Crippen LogP contribution in [0.15, 0.2) is 48.5 Å². The van der Waals surface area contributed by atoms with E-state index in [2.05, 4.69) is 0 Å². The molecule has 2 aromatic carbocycles. The molecule has 110 valence electrons. The first-order chi connectivity index (χ1) is 10.2. The van der Waals surface area contributed by atoms with E-state index in [1.165, 1.54) is 19.2 Å². The second kappa shape index (κ2) is 6.99. The summed E-state index contributed by atoms with van der Waals surface area (Å²) in [7, 11) is 1.36. The van der Waals surface area contributed by atoms with Crippen LogP contribution in [0.2, 0.25) is 0 Å². The average Bonchev–Trinajstić information content (AvgIpc) is 2.53. The van der Waals surface area contributed by atoms with Crippen LogP contribution in [-0.4, -0.2) is 19.5 Å². The molecular formula is C17H17FO3. The Morgan fingerprint density at radius 3 is 2.48 bits per heavy atom.